The van der Waals surface area contributed by atoms with Gasteiger partial charge in [0.2, 0.25) is 0 Å². The molecule has 0 spiro atoms. The molecule has 98 valence electrons. The lowest BCUT2D eigenvalue weighted by Gasteiger charge is -2.06. The summed E-state index contributed by atoms with van der Waals surface area (Å²) in [5.41, 5.74) is 0.462. The summed E-state index contributed by atoms with van der Waals surface area (Å²) in [4.78, 5) is 21.3. The third-order valence-corrected chi connectivity index (χ3v) is 2.21. The van der Waals surface area contributed by atoms with Crippen molar-refractivity contribution in [3.8, 4) is 0 Å². The van der Waals surface area contributed by atoms with Gasteiger partial charge in [0.15, 0.2) is 0 Å². The summed E-state index contributed by atoms with van der Waals surface area (Å²) in [6.45, 7) is 0.574. The van der Waals surface area contributed by atoms with Crippen molar-refractivity contribution in [3.05, 3.63) is 34.4 Å². The van der Waals surface area contributed by atoms with E-state index >= 15 is 0 Å². The molecule has 3 N–H and O–H groups in total. The first kappa shape index (κ1) is 13.9. The van der Waals surface area contributed by atoms with Gasteiger partial charge in [0.05, 0.1) is 4.92 Å². The molecule has 0 fully saturated rings. The van der Waals surface area contributed by atoms with Gasteiger partial charge in [-0.1, -0.05) is 0 Å². The molecule has 0 saturated carbocycles. The summed E-state index contributed by atoms with van der Waals surface area (Å²) < 4.78 is 0. The average molecular weight is 253 g/mol. The molecule has 18 heavy (non-hydrogen) atoms. The highest BCUT2D eigenvalue weighted by Crippen LogP contribution is 2.14. The second-order valence-electron chi connectivity index (χ2n) is 3.62. The number of nitrogens with one attached hydrogen (secondary N) is 2. The minimum Gasteiger partial charge on any atom is -0.396 e. The van der Waals surface area contributed by atoms with Crippen molar-refractivity contribution in [1.29, 1.82) is 0 Å². The maximum absolute atomic E-state index is 11.4. The lowest BCUT2D eigenvalue weighted by atomic mass is 10.3. The summed E-state index contributed by atoms with van der Waals surface area (Å²) in [7, 11) is 0. The number of nitro benzene ring substituents is 1. The van der Waals surface area contributed by atoms with Gasteiger partial charge >= 0.3 is 6.03 Å². The molecule has 0 aliphatic rings. The van der Waals surface area contributed by atoms with Gasteiger partial charge in [-0.05, 0) is 25.0 Å². The maximum Gasteiger partial charge on any atom is 0.319 e. The number of urea groups is 1. The highest BCUT2D eigenvalue weighted by Gasteiger charge is 2.05. The third-order valence-electron chi connectivity index (χ3n) is 2.21. The highest BCUT2D eigenvalue weighted by atomic mass is 16.6. The quantitative estimate of drug-likeness (QED) is 0.405. The van der Waals surface area contributed by atoms with Gasteiger partial charge < -0.3 is 15.7 Å². The van der Waals surface area contributed by atoms with Gasteiger partial charge in [-0.15, -0.1) is 0 Å². The summed E-state index contributed by atoms with van der Waals surface area (Å²) in [5.74, 6) is 0. The van der Waals surface area contributed by atoms with E-state index in [2.05, 4.69) is 10.6 Å². The average Bonchev–Trinajstić information content (AvgIpc) is 2.35. The van der Waals surface area contributed by atoms with Gasteiger partial charge in [0.1, 0.15) is 0 Å². The van der Waals surface area contributed by atoms with Gasteiger partial charge in [0.25, 0.3) is 5.69 Å². The first-order valence-corrected chi connectivity index (χ1v) is 5.53. The summed E-state index contributed by atoms with van der Waals surface area (Å²) in [6.07, 6.45) is 1.34. The number of nitrogens with zero attached hydrogens (tertiary/aromatic N) is 1. The van der Waals surface area contributed by atoms with E-state index < -0.39 is 4.92 Å². The van der Waals surface area contributed by atoms with E-state index in [1.807, 2.05) is 0 Å². The zero-order chi connectivity index (χ0) is 13.4. The molecular formula is C11H15N3O4. The predicted octanol–water partition coefficient (Wildman–Crippen LogP) is 1.49. The number of non-ortho nitro benzene ring substituents is 1. The van der Waals surface area contributed by atoms with Crippen LogP contribution in [-0.4, -0.2) is 29.2 Å². The number of rotatable bonds is 6. The zero-order valence-corrected chi connectivity index (χ0v) is 9.76. The van der Waals surface area contributed by atoms with Gasteiger partial charge in [-0.25, -0.2) is 4.79 Å². The molecule has 1 rings (SSSR count). The van der Waals surface area contributed by atoms with Crippen LogP contribution in [0, 0.1) is 10.1 Å². The number of anilines is 1. The molecular weight excluding hydrogens is 238 g/mol. The van der Waals surface area contributed by atoms with Crippen molar-refractivity contribution in [3.63, 3.8) is 0 Å². The lowest BCUT2D eigenvalue weighted by Crippen LogP contribution is -2.29. The predicted molar refractivity (Wildman–Crippen MR) is 66.4 cm³/mol. The van der Waals surface area contributed by atoms with E-state index in [9.17, 15) is 14.9 Å². The SMILES string of the molecule is O=C(NCCCCO)Nc1ccc([N+](=O)[O-])cc1. The van der Waals surface area contributed by atoms with E-state index in [-0.39, 0.29) is 18.3 Å². The van der Waals surface area contributed by atoms with Crippen LogP contribution in [0.2, 0.25) is 0 Å². The first-order chi connectivity index (χ1) is 8.63. The number of carbonyl (C=O) groups excluding carboxylic acids is 1. The number of nitro groups is 1. The number of unbranched alkanes of at least 4 members (excludes halogenated alkanes) is 1. The Labute approximate surface area is 104 Å². The van der Waals surface area contributed by atoms with Crippen LogP contribution in [0.25, 0.3) is 0 Å². The molecule has 0 aliphatic heterocycles. The summed E-state index contributed by atoms with van der Waals surface area (Å²) in [5, 5.41) is 24.1. The van der Waals surface area contributed by atoms with E-state index in [1.54, 1.807) is 0 Å². The van der Waals surface area contributed by atoms with Crippen molar-refractivity contribution in [1.82, 2.24) is 5.32 Å². The highest BCUT2D eigenvalue weighted by molar-refractivity contribution is 5.89. The zero-order valence-electron chi connectivity index (χ0n) is 9.76. The molecule has 0 radical (unpaired) electrons. The van der Waals surface area contributed by atoms with Crippen molar-refractivity contribution in [2.24, 2.45) is 0 Å². The molecule has 0 aromatic heterocycles. The first-order valence-electron chi connectivity index (χ1n) is 5.53. The van der Waals surface area contributed by atoms with Crippen molar-refractivity contribution in [2.75, 3.05) is 18.5 Å². The number of carbonyl (C=O) groups is 1. The fourth-order valence-corrected chi connectivity index (χ4v) is 1.28. The number of aliphatic hydroxyl groups excluding tert-OH is 1. The molecule has 0 heterocycles. The third kappa shape index (κ3) is 4.79. The van der Waals surface area contributed by atoms with E-state index in [0.29, 0.717) is 25.1 Å². The molecule has 1 aromatic rings. The van der Waals surface area contributed by atoms with Crippen LogP contribution < -0.4 is 10.6 Å². The number of hydrogen-bond acceptors (Lipinski definition) is 4. The van der Waals surface area contributed by atoms with Crippen LogP contribution in [0.1, 0.15) is 12.8 Å². The largest absolute Gasteiger partial charge is 0.396 e. The Morgan fingerprint density at radius 2 is 1.94 bits per heavy atom. The van der Waals surface area contributed by atoms with Crippen LogP contribution in [0.3, 0.4) is 0 Å². The maximum atomic E-state index is 11.4. The minimum absolute atomic E-state index is 0.0242. The van der Waals surface area contributed by atoms with Crippen LogP contribution in [0.5, 0.6) is 0 Å². The molecule has 0 bridgehead atoms. The van der Waals surface area contributed by atoms with Crippen LogP contribution >= 0.6 is 0 Å². The molecule has 7 nitrogen and oxygen atoms in total. The van der Waals surface area contributed by atoms with E-state index in [1.165, 1.54) is 24.3 Å². The number of benzene rings is 1. The Bertz CT molecular complexity index is 405. The van der Waals surface area contributed by atoms with Gasteiger partial charge in [0, 0.05) is 31.0 Å². The Kier molecular flexibility index (Phi) is 5.59. The Balaban J connectivity index is 2.37. The molecule has 0 atom stereocenters. The van der Waals surface area contributed by atoms with Crippen molar-refractivity contribution >= 4 is 17.4 Å². The molecule has 7 heteroatoms. The van der Waals surface area contributed by atoms with Crippen LogP contribution in [0.4, 0.5) is 16.2 Å². The second-order valence-corrected chi connectivity index (χ2v) is 3.62. The van der Waals surface area contributed by atoms with Gasteiger partial charge in [-0.3, -0.25) is 10.1 Å². The number of aliphatic hydroxyl groups is 1. The fourth-order valence-electron chi connectivity index (χ4n) is 1.28. The number of hydrogen-bond donors (Lipinski definition) is 3. The van der Waals surface area contributed by atoms with Crippen molar-refractivity contribution < 1.29 is 14.8 Å². The topological polar surface area (TPSA) is 104 Å². The standard InChI is InChI=1S/C11H15N3O4/c15-8-2-1-7-12-11(16)13-9-3-5-10(6-4-9)14(17)18/h3-6,15H,1-2,7-8H2,(H2,12,13,16). The van der Waals surface area contributed by atoms with Crippen LogP contribution in [0.15, 0.2) is 24.3 Å². The number of amides is 2. The molecule has 0 unspecified atom stereocenters. The fraction of sp³-hybridized carbons (Fsp3) is 0.364. The minimum atomic E-state index is -0.501. The van der Waals surface area contributed by atoms with Gasteiger partial charge in [-0.2, -0.15) is 0 Å². The molecule has 0 aliphatic carbocycles. The smallest absolute Gasteiger partial charge is 0.319 e. The molecule has 1 aromatic carbocycles. The normalized spacial score (nSPS) is 9.83. The van der Waals surface area contributed by atoms with Crippen molar-refractivity contribution in [2.45, 2.75) is 12.8 Å². The summed E-state index contributed by atoms with van der Waals surface area (Å²) >= 11 is 0. The van der Waals surface area contributed by atoms with E-state index in [4.69, 9.17) is 5.11 Å². The van der Waals surface area contributed by atoms with Crippen LogP contribution in [-0.2, 0) is 0 Å². The summed E-state index contributed by atoms with van der Waals surface area (Å²) in [6, 6.07) is 5.20. The Morgan fingerprint density at radius 3 is 2.50 bits per heavy atom. The Morgan fingerprint density at radius 1 is 1.28 bits per heavy atom. The monoisotopic (exact) mass is 253 g/mol. The molecule has 0 saturated heterocycles. The Hall–Kier alpha value is -2.15. The second kappa shape index (κ2) is 7.23. The van der Waals surface area contributed by atoms with E-state index in [0.717, 1.165) is 0 Å². The lowest BCUT2D eigenvalue weighted by molar-refractivity contribution is -0.384. The molecule has 2 amide bonds.